The third-order valence-electron chi connectivity index (χ3n) is 3.65. The topological polar surface area (TPSA) is 20.2 Å². The van der Waals surface area contributed by atoms with Gasteiger partial charge in [-0.3, -0.25) is 0 Å². The van der Waals surface area contributed by atoms with E-state index in [-0.39, 0.29) is 0 Å². The zero-order chi connectivity index (χ0) is 17.7. The van der Waals surface area contributed by atoms with Gasteiger partial charge in [0.2, 0.25) is 0 Å². The summed E-state index contributed by atoms with van der Waals surface area (Å²) in [6.45, 7) is 4.04. The first-order chi connectivity index (χ1) is 11.8. The van der Waals surface area contributed by atoms with Crippen molar-refractivity contribution in [3.05, 3.63) is 72.6 Å². The molecule has 0 saturated carbocycles. The highest BCUT2D eigenvalue weighted by molar-refractivity contribution is 5.21. The largest absolute Gasteiger partial charge is 0.515 e. The fraction of sp³-hybridized carbons (Fsp3) is 0.478. The molecule has 134 valence electrons. The van der Waals surface area contributed by atoms with Crippen LogP contribution in [0.2, 0.25) is 0 Å². The summed E-state index contributed by atoms with van der Waals surface area (Å²) in [7, 11) is 0. The van der Waals surface area contributed by atoms with Gasteiger partial charge < -0.3 is 5.11 Å². The van der Waals surface area contributed by atoms with Gasteiger partial charge in [0.25, 0.3) is 0 Å². The van der Waals surface area contributed by atoms with E-state index in [0.717, 1.165) is 18.3 Å². The highest BCUT2D eigenvalue weighted by Crippen LogP contribution is 2.09. The number of hydrogen-bond donors (Lipinski definition) is 1. The number of unbranched alkanes of at least 4 members (excludes halogenated alkanes) is 7. The number of rotatable bonds is 14. The Kier molecular flexibility index (Phi) is 17.9. The van der Waals surface area contributed by atoms with Crippen molar-refractivity contribution in [2.24, 2.45) is 0 Å². The fourth-order valence-corrected chi connectivity index (χ4v) is 2.20. The molecule has 0 rings (SSSR count). The summed E-state index contributed by atoms with van der Waals surface area (Å²) in [6, 6.07) is 0. The second-order valence-electron chi connectivity index (χ2n) is 6.01. The molecular weight excluding hydrogens is 292 g/mol. The van der Waals surface area contributed by atoms with E-state index in [2.05, 4.69) is 37.3 Å². The number of allylic oxidation sites excluding steroid dienone is 11. The molecule has 0 amide bonds. The Balaban J connectivity index is 3.43. The summed E-state index contributed by atoms with van der Waals surface area (Å²) in [5, 5.41) is 8.72. The van der Waals surface area contributed by atoms with Gasteiger partial charge in [0.1, 0.15) is 0 Å². The Labute approximate surface area is 149 Å². The molecule has 0 aromatic heterocycles. The smallest absolute Gasteiger partial charge is 0.0820 e. The summed E-state index contributed by atoms with van der Waals surface area (Å²) in [5.41, 5.74) is 0.844. The van der Waals surface area contributed by atoms with Crippen molar-refractivity contribution < 1.29 is 5.11 Å². The average molecular weight is 329 g/mol. The van der Waals surface area contributed by atoms with Crippen LogP contribution in [0.5, 0.6) is 0 Å². The van der Waals surface area contributed by atoms with Crippen molar-refractivity contribution in [2.45, 2.75) is 71.6 Å². The fourth-order valence-electron chi connectivity index (χ4n) is 2.20. The standard InChI is InChI=1S/C23H36O/c1-3-4-5-6-7-8-9-10-11-12-13-14-15-16-17-18-19-20-21-23(2)22-24/h4-5,14-22,24H,3,6-13H2,1-2H3/b5-4-,15-14?,17-16?,19-18?,21-20?,23-22?. The number of aliphatic hydroxyl groups is 1. The van der Waals surface area contributed by atoms with Gasteiger partial charge in [0.15, 0.2) is 0 Å². The maximum Gasteiger partial charge on any atom is 0.0820 e. The van der Waals surface area contributed by atoms with Crippen LogP contribution in [0, 0.1) is 0 Å². The minimum atomic E-state index is 0.844. The second-order valence-corrected chi connectivity index (χ2v) is 6.01. The van der Waals surface area contributed by atoms with Crippen LogP contribution in [-0.2, 0) is 0 Å². The van der Waals surface area contributed by atoms with Crippen LogP contribution in [0.25, 0.3) is 0 Å². The molecule has 0 bridgehead atoms. The summed E-state index contributed by atoms with van der Waals surface area (Å²) in [6.07, 6.45) is 33.6. The molecule has 0 fully saturated rings. The van der Waals surface area contributed by atoms with Crippen LogP contribution >= 0.6 is 0 Å². The van der Waals surface area contributed by atoms with Gasteiger partial charge in [0, 0.05) is 0 Å². The van der Waals surface area contributed by atoms with Gasteiger partial charge in [-0.25, -0.2) is 0 Å². The molecule has 0 aromatic rings. The van der Waals surface area contributed by atoms with Gasteiger partial charge in [-0.05, 0) is 44.6 Å². The predicted octanol–water partition coefficient (Wildman–Crippen LogP) is 7.76. The maximum absolute atomic E-state index is 8.72. The lowest BCUT2D eigenvalue weighted by Crippen LogP contribution is -1.79. The Bertz CT molecular complexity index is 433. The summed E-state index contributed by atoms with van der Waals surface area (Å²) in [4.78, 5) is 0. The van der Waals surface area contributed by atoms with Crippen LogP contribution in [-0.4, -0.2) is 5.11 Å². The lowest BCUT2D eigenvalue weighted by atomic mass is 10.1. The normalized spacial score (nSPS) is 13.7. The molecule has 0 spiro atoms. The molecule has 0 heterocycles. The molecule has 0 atom stereocenters. The van der Waals surface area contributed by atoms with Gasteiger partial charge in [-0.1, -0.05) is 93.4 Å². The minimum Gasteiger partial charge on any atom is -0.515 e. The van der Waals surface area contributed by atoms with Crippen LogP contribution in [0.3, 0.4) is 0 Å². The first-order valence-corrected chi connectivity index (χ1v) is 9.43. The minimum absolute atomic E-state index is 0.844. The van der Waals surface area contributed by atoms with E-state index in [4.69, 9.17) is 5.11 Å². The summed E-state index contributed by atoms with van der Waals surface area (Å²) < 4.78 is 0. The zero-order valence-corrected chi connectivity index (χ0v) is 15.7. The van der Waals surface area contributed by atoms with E-state index in [1.54, 1.807) is 0 Å². The molecule has 0 aliphatic rings. The van der Waals surface area contributed by atoms with Gasteiger partial charge >= 0.3 is 0 Å². The zero-order valence-electron chi connectivity index (χ0n) is 15.7. The van der Waals surface area contributed by atoms with Crippen LogP contribution in [0.4, 0.5) is 0 Å². The molecule has 1 heteroatoms. The quantitative estimate of drug-likeness (QED) is 0.149. The Hall–Kier alpha value is -1.76. The van der Waals surface area contributed by atoms with E-state index in [1.165, 1.54) is 51.4 Å². The van der Waals surface area contributed by atoms with Crippen LogP contribution in [0.15, 0.2) is 72.6 Å². The average Bonchev–Trinajstić information content (AvgIpc) is 2.60. The van der Waals surface area contributed by atoms with Crippen molar-refractivity contribution in [2.75, 3.05) is 0 Å². The third-order valence-corrected chi connectivity index (χ3v) is 3.65. The van der Waals surface area contributed by atoms with Crippen molar-refractivity contribution in [1.29, 1.82) is 0 Å². The van der Waals surface area contributed by atoms with E-state index >= 15 is 0 Å². The first kappa shape index (κ1) is 22.2. The van der Waals surface area contributed by atoms with Crippen molar-refractivity contribution in [3.8, 4) is 0 Å². The van der Waals surface area contributed by atoms with Crippen molar-refractivity contribution in [3.63, 3.8) is 0 Å². The lowest BCUT2D eigenvalue weighted by molar-refractivity contribution is 0.469. The van der Waals surface area contributed by atoms with Crippen molar-refractivity contribution in [1.82, 2.24) is 0 Å². The SMILES string of the molecule is CC/C=C\CCCCCCCCC=CC=CC=CC=CC(C)=CO. The van der Waals surface area contributed by atoms with Gasteiger partial charge in [0.05, 0.1) is 6.26 Å². The van der Waals surface area contributed by atoms with E-state index in [1.807, 2.05) is 37.3 Å². The molecule has 1 N–H and O–H groups in total. The van der Waals surface area contributed by atoms with Crippen LogP contribution < -0.4 is 0 Å². The molecule has 0 unspecified atom stereocenters. The van der Waals surface area contributed by atoms with E-state index in [0.29, 0.717) is 0 Å². The summed E-state index contributed by atoms with van der Waals surface area (Å²) in [5.74, 6) is 0. The molecule has 0 aliphatic heterocycles. The van der Waals surface area contributed by atoms with Crippen molar-refractivity contribution >= 4 is 0 Å². The number of hydrogen-bond acceptors (Lipinski definition) is 1. The Morgan fingerprint density at radius 2 is 1.21 bits per heavy atom. The number of aliphatic hydroxyl groups excluding tert-OH is 1. The molecule has 0 aromatic carbocycles. The molecule has 0 saturated heterocycles. The highest BCUT2D eigenvalue weighted by Gasteiger charge is 1.89. The monoisotopic (exact) mass is 328 g/mol. The lowest BCUT2D eigenvalue weighted by Gasteiger charge is -1.99. The molecule has 0 radical (unpaired) electrons. The highest BCUT2D eigenvalue weighted by atomic mass is 16.2. The second kappa shape index (κ2) is 19.3. The Morgan fingerprint density at radius 3 is 1.83 bits per heavy atom. The first-order valence-electron chi connectivity index (χ1n) is 9.43. The molecule has 0 aliphatic carbocycles. The predicted molar refractivity (Wildman–Crippen MR) is 109 cm³/mol. The Morgan fingerprint density at radius 1 is 0.667 bits per heavy atom. The van der Waals surface area contributed by atoms with E-state index in [9.17, 15) is 0 Å². The van der Waals surface area contributed by atoms with Gasteiger partial charge in [-0.2, -0.15) is 0 Å². The maximum atomic E-state index is 8.72. The molecule has 1 nitrogen and oxygen atoms in total. The van der Waals surface area contributed by atoms with E-state index < -0.39 is 0 Å². The van der Waals surface area contributed by atoms with Gasteiger partial charge in [-0.15, -0.1) is 0 Å². The molecular formula is C23H36O. The summed E-state index contributed by atoms with van der Waals surface area (Å²) >= 11 is 0. The molecule has 24 heavy (non-hydrogen) atoms. The van der Waals surface area contributed by atoms with Crippen LogP contribution in [0.1, 0.15) is 71.6 Å². The third kappa shape index (κ3) is 18.3.